The minimum Gasteiger partial charge on any atom is -0.486 e. The van der Waals surface area contributed by atoms with Crippen molar-refractivity contribution in [3.63, 3.8) is 0 Å². The molecule has 0 aliphatic carbocycles. The second kappa shape index (κ2) is 13.5. The van der Waals surface area contributed by atoms with E-state index in [-0.39, 0.29) is 31.2 Å². The van der Waals surface area contributed by atoms with Crippen molar-refractivity contribution in [2.45, 2.75) is 59.0 Å². The number of amides is 2. The molecule has 0 bridgehead atoms. The highest BCUT2D eigenvalue weighted by molar-refractivity contribution is 7.92. The number of carbonyl (C=O) groups excluding carboxylic acids is 2. The quantitative estimate of drug-likeness (QED) is 0.385. The second-order valence-corrected chi connectivity index (χ2v) is 11.5. The highest BCUT2D eigenvalue weighted by Gasteiger charge is 2.27. The summed E-state index contributed by atoms with van der Waals surface area (Å²) in [6.45, 7) is 7.57. The summed E-state index contributed by atoms with van der Waals surface area (Å²) in [5, 5.41) is 2.91. The Labute approximate surface area is 226 Å². The predicted octanol–water partition coefficient (Wildman–Crippen LogP) is 3.65. The normalized spacial score (nSPS) is 13.5. The Kier molecular flexibility index (Phi) is 10.4. The van der Waals surface area contributed by atoms with Crippen molar-refractivity contribution in [2.24, 2.45) is 0 Å². The maximum Gasteiger partial charge on any atom is 0.242 e. The summed E-state index contributed by atoms with van der Waals surface area (Å²) in [6, 6.07) is 12.2. The minimum atomic E-state index is -3.61. The van der Waals surface area contributed by atoms with Crippen LogP contribution in [0.4, 0.5) is 5.69 Å². The fraction of sp³-hybridized carbons (Fsp3) is 0.500. The number of carbonyl (C=O) groups is 2. The van der Waals surface area contributed by atoms with Gasteiger partial charge in [0.25, 0.3) is 0 Å². The summed E-state index contributed by atoms with van der Waals surface area (Å²) >= 11 is 0. The van der Waals surface area contributed by atoms with E-state index in [9.17, 15) is 18.0 Å². The Balaban J connectivity index is 1.71. The van der Waals surface area contributed by atoms with Crippen LogP contribution in [0.1, 0.15) is 50.7 Å². The number of ether oxygens (including phenoxy) is 2. The maximum atomic E-state index is 13.4. The standard InChI is InChI=1S/C28H39N3O6S/c1-5-6-15-29-28(33)22(3)30(20-23-11-9-21(2)10-12-23)27(32)8-7-16-31(38(4,34)35)24-13-14-25-26(19-24)37-18-17-36-25/h9-14,19,22H,5-8,15-18,20H2,1-4H3,(H,29,33)/t22-/m0/s1. The van der Waals surface area contributed by atoms with E-state index in [0.717, 1.165) is 30.2 Å². The minimum absolute atomic E-state index is 0.0923. The molecule has 0 fully saturated rings. The smallest absolute Gasteiger partial charge is 0.242 e. The molecule has 0 saturated carbocycles. The van der Waals surface area contributed by atoms with Gasteiger partial charge in [0.2, 0.25) is 21.8 Å². The molecular weight excluding hydrogens is 506 g/mol. The third-order valence-corrected chi connectivity index (χ3v) is 7.63. The molecule has 0 unspecified atom stereocenters. The van der Waals surface area contributed by atoms with Crippen LogP contribution in [-0.2, 0) is 26.2 Å². The number of unbranched alkanes of at least 4 members (excludes halogenated alkanes) is 1. The molecule has 0 saturated heterocycles. The first kappa shape index (κ1) is 29.3. The first-order chi connectivity index (χ1) is 18.1. The van der Waals surface area contributed by atoms with Crippen molar-refractivity contribution in [3.8, 4) is 11.5 Å². The largest absolute Gasteiger partial charge is 0.486 e. The second-order valence-electron chi connectivity index (χ2n) is 9.59. The highest BCUT2D eigenvalue weighted by Crippen LogP contribution is 2.34. The van der Waals surface area contributed by atoms with Crippen LogP contribution in [0.25, 0.3) is 0 Å². The number of hydrogen-bond acceptors (Lipinski definition) is 6. The van der Waals surface area contributed by atoms with Crippen LogP contribution in [0.3, 0.4) is 0 Å². The molecule has 2 aromatic rings. The Morgan fingerprint density at radius 3 is 2.37 bits per heavy atom. The van der Waals surface area contributed by atoms with Gasteiger partial charge in [-0.05, 0) is 44.4 Å². The van der Waals surface area contributed by atoms with Crippen LogP contribution in [0.5, 0.6) is 11.5 Å². The number of benzene rings is 2. The van der Waals surface area contributed by atoms with Gasteiger partial charge in [-0.1, -0.05) is 43.2 Å². The van der Waals surface area contributed by atoms with Crippen molar-refractivity contribution in [1.82, 2.24) is 10.2 Å². The van der Waals surface area contributed by atoms with Crippen LogP contribution in [0.2, 0.25) is 0 Å². The lowest BCUT2D eigenvalue weighted by atomic mass is 10.1. The number of sulfonamides is 1. The Morgan fingerprint density at radius 2 is 1.71 bits per heavy atom. The number of rotatable bonds is 13. The van der Waals surface area contributed by atoms with Gasteiger partial charge < -0.3 is 19.7 Å². The van der Waals surface area contributed by atoms with E-state index in [4.69, 9.17) is 9.47 Å². The maximum absolute atomic E-state index is 13.4. The third kappa shape index (κ3) is 8.11. The first-order valence-electron chi connectivity index (χ1n) is 13.1. The summed E-state index contributed by atoms with van der Waals surface area (Å²) in [4.78, 5) is 27.8. The number of hydrogen-bond donors (Lipinski definition) is 1. The van der Waals surface area contributed by atoms with Gasteiger partial charge in [-0.15, -0.1) is 0 Å². The molecule has 2 aromatic carbocycles. The average Bonchev–Trinajstić information content (AvgIpc) is 2.89. The van der Waals surface area contributed by atoms with E-state index in [1.54, 1.807) is 30.0 Å². The van der Waals surface area contributed by atoms with Gasteiger partial charge in [0, 0.05) is 32.1 Å². The van der Waals surface area contributed by atoms with E-state index in [1.807, 2.05) is 38.1 Å². The number of nitrogens with zero attached hydrogens (tertiary/aromatic N) is 2. The van der Waals surface area contributed by atoms with Crippen LogP contribution >= 0.6 is 0 Å². The van der Waals surface area contributed by atoms with Crippen molar-refractivity contribution >= 4 is 27.5 Å². The Morgan fingerprint density at radius 1 is 1.03 bits per heavy atom. The number of aryl methyl sites for hydroxylation is 1. The number of nitrogens with one attached hydrogen (secondary N) is 1. The molecule has 1 aliphatic heterocycles. The summed E-state index contributed by atoms with van der Waals surface area (Å²) in [6.07, 6.45) is 3.34. The lowest BCUT2D eigenvalue weighted by Gasteiger charge is -2.29. The van der Waals surface area contributed by atoms with Crippen LogP contribution < -0.4 is 19.1 Å². The Bertz CT molecular complexity index is 1200. The molecule has 1 atom stereocenters. The lowest BCUT2D eigenvalue weighted by Crippen LogP contribution is -2.48. The van der Waals surface area contributed by atoms with Gasteiger partial charge in [-0.25, -0.2) is 8.42 Å². The van der Waals surface area contributed by atoms with Gasteiger partial charge in [-0.3, -0.25) is 13.9 Å². The van der Waals surface area contributed by atoms with Crippen molar-refractivity contribution in [1.29, 1.82) is 0 Å². The lowest BCUT2D eigenvalue weighted by molar-refractivity contribution is -0.140. The van der Waals surface area contributed by atoms with Gasteiger partial charge >= 0.3 is 0 Å². The summed E-state index contributed by atoms with van der Waals surface area (Å²) < 4.78 is 37.6. The van der Waals surface area contributed by atoms with E-state index < -0.39 is 16.1 Å². The number of fused-ring (bicyclic) bond motifs is 1. The van der Waals surface area contributed by atoms with E-state index in [0.29, 0.717) is 43.5 Å². The predicted molar refractivity (Wildman–Crippen MR) is 148 cm³/mol. The monoisotopic (exact) mass is 545 g/mol. The van der Waals surface area contributed by atoms with Crippen LogP contribution in [0.15, 0.2) is 42.5 Å². The van der Waals surface area contributed by atoms with Crippen molar-refractivity contribution < 1.29 is 27.5 Å². The molecule has 0 spiro atoms. The molecule has 3 rings (SSSR count). The molecule has 2 amide bonds. The fourth-order valence-electron chi connectivity index (χ4n) is 4.20. The third-order valence-electron chi connectivity index (χ3n) is 6.44. The van der Waals surface area contributed by atoms with Crippen LogP contribution in [-0.4, -0.2) is 63.7 Å². The van der Waals surface area contributed by atoms with E-state index in [2.05, 4.69) is 5.32 Å². The molecule has 1 N–H and O–H groups in total. The molecule has 10 heteroatoms. The molecule has 38 heavy (non-hydrogen) atoms. The zero-order chi connectivity index (χ0) is 27.7. The van der Waals surface area contributed by atoms with Crippen molar-refractivity contribution in [3.05, 3.63) is 53.6 Å². The molecule has 0 aromatic heterocycles. The molecule has 208 valence electrons. The molecule has 1 aliphatic rings. The van der Waals surface area contributed by atoms with Gasteiger partial charge in [0.15, 0.2) is 11.5 Å². The topological polar surface area (TPSA) is 105 Å². The average molecular weight is 546 g/mol. The van der Waals surface area contributed by atoms with E-state index in [1.165, 1.54) is 4.31 Å². The van der Waals surface area contributed by atoms with Crippen molar-refractivity contribution in [2.75, 3.05) is 36.9 Å². The Hall–Kier alpha value is -3.27. The van der Waals surface area contributed by atoms with Gasteiger partial charge in [0.1, 0.15) is 19.3 Å². The SMILES string of the molecule is CCCCNC(=O)[C@H](C)N(Cc1ccc(C)cc1)C(=O)CCCN(c1ccc2c(c1)OCCO2)S(C)(=O)=O. The van der Waals surface area contributed by atoms with Crippen LogP contribution in [0, 0.1) is 6.92 Å². The molecule has 1 heterocycles. The van der Waals surface area contributed by atoms with Gasteiger partial charge in [0.05, 0.1) is 11.9 Å². The fourth-order valence-corrected chi connectivity index (χ4v) is 5.16. The van der Waals surface area contributed by atoms with E-state index >= 15 is 0 Å². The zero-order valence-corrected chi connectivity index (χ0v) is 23.6. The first-order valence-corrected chi connectivity index (χ1v) is 14.9. The molecule has 0 radical (unpaired) electrons. The highest BCUT2D eigenvalue weighted by atomic mass is 32.2. The summed E-state index contributed by atoms with van der Waals surface area (Å²) in [5.74, 6) is 0.652. The summed E-state index contributed by atoms with van der Waals surface area (Å²) in [7, 11) is -3.61. The number of anilines is 1. The summed E-state index contributed by atoms with van der Waals surface area (Å²) in [5.41, 5.74) is 2.48. The molecular formula is C28H39N3O6S. The van der Waals surface area contributed by atoms with Gasteiger partial charge in [-0.2, -0.15) is 0 Å². The zero-order valence-electron chi connectivity index (χ0n) is 22.7. The molecule has 9 nitrogen and oxygen atoms in total.